The number of aromatic nitrogens is 1. The fourth-order valence-electron chi connectivity index (χ4n) is 9.15. The number of phenolic OH excluding ortho intramolecular Hbond substituents is 1. The Morgan fingerprint density at radius 2 is 1.06 bits per heavy atom. The minimum Gasteiger partial charge on any atom is -0.508 e. The molecule has 1 aliphatic rings. The number of carbonyl (C=O) groups is 12. The van der Waals surface area contributed by atoms with Crippen LogP contribution in [0, 0.1) is 11.8 Å². The van der Waals surface area contributed by atoms with Crippen LogP contribution in [0.2, 0.25) is 0 Å². The zero-order valence-electron chi connectivity index (χ0n) is 46.8. The van der Waals surface area contributed by atoms with Crippen molar-refractivity contribution in [2.75, 3.05) is 6.54 Å². The van der Waals surface area contributed by atoms with Crippen LogP contribution < -0.4 is 53.6 Å². The molecule has 1 aromatic heterocycles. The number of rotatable bonds is 34. The summed E-state index contributed by atoms with van der Waals surface area (Å²) >= 11 is 0. The molecule has 1 saturated heterocycles. The van der Waals surface area contributed by atoms with Crippen molar-refractivity contribution in [1.29, 1.82) is 0 Å². The standard InChI is InChI=1S/C55H77N11O17/c1-27(2)21-38(50(77)59-37(17-19-45(72)73)49(76)65-42(55(82)83)22-28(3)4)64-54(81)46(29(5)67)66-53(80)40(24-31-26-58-34-10-7-6-9-33(31)34)62-48(75)36(16-18-44(70)71)60-52(79)41(25-43(56)69)63-51(78)39(23-30-12-14-32(68)15-13-30)61-47(74)35-11-8-20-57-35/h6-7,9-10,12-15,26-29,35-42,46,57-58,67-68H,8,11,16-25H2,1-5H3,(H2,56,69)(H,59,77)(H,60,79)(H,61,74)(H,62,75)(H,63,78)(H,64,81)(H,65,76)(H,66,80)(H,70,71)(H,72,73)(H,82,83)/t29-,35+,36+,37+,38+,39+,40+,41+,42+,46+/m1/s1. The van der Waals surface area contributed by atoms with Crippen LogP contribution in [-0.4, -0.2) is 169 Å². The van der Waals surface area contributed by atoms with Gasteiger partial charge in [0.1, 0.15) is 54.1 Å². The number of amides is 9. The minimum atomic E-state index is -1.89. The Hall–Kier alpha value is -8.66. The van der Waals surface area contributed by atoms with Crippen molar-refractivity contribution in [2.24, 2.45) is 17.6 Å². The van der Waals surface area contributed by atoms with E-state index in [0.29, 0.717) is 41.4 Å². The number of aliphatic carboxylic acids is 3. The number of nitrogens with two attached hydrogens (primary N) is 1. The summed E-state index contributed by atoms with van der Waals surface area (Å²) in [5, 5.41) is 72.9. The number of aromatic amines is 1. The topological polar surface area (TPSA) is 456 Å². The van der Waals surface area contributed by atoms with Gasteiger partial charge in [0.15, 0.2) is 0 Å². The summed E-state index contributed by atoms with van der Waals surface area (Å²) in [5.41, 5.74) is 7.03. The summed E-state index contributed by atoms with van der Waals surface area (Å²) in [6.45, 7) is 8.48. The monoisotopic (exact) mass is 1160 g/mol. The molecule has 17 N–H and O–H groups in total. The maximum Gasteiger partial charge on any atom is 0.326 e. The highest BCUT2D eigenvalue weighted by atomic mass is 16.4. The van der Waals surface area contributed by atoms with E-state index in [0.717, 1.165) is 6.92 Å². The van der Waals surface area contributed by atoms with Crippen LogP contribution in [0.15, 0.2) is 54.7 Å². The molecule has 0 spiro atoms. The van der Waals surface area contributed by atoms with Crippen molar-refractivity contribution < 1.29 is 83.1 Å². The number of carbonyl (C=O) groups excluding carboxylic acids is 9. The second-order valence-electron chi connectivity index (χ2n) is 21.4. The number of primary amides is 1. The highest BCUT2D eigenvalue weighted by molar-refractivity contribution is 6.00. The lowest BCUT2D eigenvalue weighted by Gasteiger charge is -2.29. The van der Waals surface area contributed by atoms with Gasteiger partial charge in [0.25, 0.3) is 0 Å². The minimum absolute atomic E-state index is 0.00126. The fraction of sp³-hybridized carbons (Fsp3) is 0.527. The molecule has 0 bridgehead atoms. The van der Waals surface area contributed by atoms with Gasteiger partial charge in [-0.05, 0) is 93.2 Å². The molecule has 83 heavy (non-hydrogen) atoms. The first-order valence-electron chi connectivity index (χ1n) is 27.2. The Bertz CT molecular complexity index is 2800. The summed E-state index contributed by atoms with van der Waals surface area (Å²) in [6.07, 6.45) is -2.99. The van der Waals surface area contributed by atoms with E-state index in [4.69, 9.17) is 5.73 Å². The van der Waals surface area contributed by atoms with Gasteiger partial charge in [0, 0.05) is 42.8 Å². The van der Waals surface area contributed by atoms with E-state index in [1.54, 1.807) is 52.0 Å². The molecular formula is C55H77N11O17. The number of benzene rings is 2. The number of hydrogen-bond acceptors (Lipinski definition) is 15. The molecule has 28 heteroatoms. The van der Waals surface area contributed by atoms with Gasteiger partial charge in [0.2, 0.25) is 53.2 Å². The maximum atomic E-state index is 14.6. The van der Waals surface area contributed by atoms with Gasteiger partial charge in [0.05, 0.1) is 18.6 Å². The Morgan fingerprint density at radius 3 is 1.59 bits per heavy atom. The number of aromatic hydroxyl groups is 1. The van der Waals surface area contributed by atoms with Crippen LogP contribution in [-0.2, 0) is 70.4 Å². The Morgan fingerprint density at radius 1 is 0.578 bits per heavy atom. The molecule has 2 heterocycles. The lowest BCUT2D eigenvalue weighted by atomic mass is 10.00. The molecule has 0 saturated carbocycles. The van der Waals surface area contributed by atoms with Crippen LogP contribution >= 0.6 is 0 Å². The first-order valence-corrected chi connectivity index (χ1v) is 27.2. The molecule has 0 aliphatic carbocycles. The second-order valence-corrected chi connectivity index (χ2v) is 21.4. The van der Waals surface area contributed by atoms with E-state index in [2.05, 4.69) is 52.8 Å². The Labute approximate surface area is 478 Å². The van der Waals surface area contributed by atoms with Gasteiger partial charge >= 0.3 is 17.9 Å². The number of carboxylic acid groups (broad SMARTS) is 3. The van der Waals surface area contributed by atoms with Crippen LogP contribution in [0.1, 0.15) is 104 Å². The molecule has 1 fully saturated rings. The van der Waals surface area contributed by atoms with E-state index in [9.17, 15) is 83.1 Å². The van der Waals surface area contributed by atoms with Crippen molar-refractivity contribution in [3.05, 3.63) is 65.9 Å². The third kappa shape index (κ3) is 22.0. The molecule has 1 aliphatic heterocycles. The number of para-hydroxylation sites is 1. The first kappa shape index (κ1) is 66.8. The molecule has 9 amide bonds. The quantitative estimate of drug-likeness (QED) is 0.0322. The van der Waals surface area contributed by atoms with Crippen LogP contribution in [0.4, 0.5) is 0 Å². The number of carboxylic acids is 3. The predicted molar refractivity (Wildman–Crippen MR) is 296 cm³/mol. The molecule has 3 aromatic rings. The molecule has 0 radical (unpaired) electrons. The molecule has 2 aromatic carbocycles. The van der Waals surface area contributed by atoms with E-state index in [1.165, 1.54) is 30.5 Å². The summed E-state index contributed by atoms with van der Waals surface area (Å²) < 4.78 is 0. The third-order valence-electron chi connectivity index (χ3n) is 13.4. The smallest absolute Gasteiger partial charge is 0.326 e. The number of phenols is 1. The molecule has 10 atom stereocenters. The van der Waals surface area contributed by atoms with Gasteiger partial charge < -0.3 is 84.1 Å². The average molecular weight is 1160 g/mol. The van der Waals surface area contributed by atoms with Crippen LogP contribution in [0.3, 0.4) is 0 Å². The highest BCUT2D eigenvalue weighted by Crippen LogP contribution is 2.20. The SMILES string of the molecule is CC(C)C[C@H](NC(=O)[C@H](CCC(=O)O)NC(=O)[C@H](CC(C)C)NC(=O)[C@@H](NC(=O)[C@H](Cc1c[nH]c2ccccc12)NC(=O)[C@H](CCC(=O)O)NC(=O)[C@H](CC(N)=O)NC(=O)[C@H](Cc1ccc(O)cc1)NC(=O)[C@@H]1CCCN1)[C@@H](C)O)C(=O)O. The van der Waals surface area contributed by atoms with Crippen molar-refractivity contribution in [3.8, 4) is 5.75 Å². The number of aliphatic hydroxyl groups is 1. The summed E-state index contributed by atoms with van der Waals surface area (Å²) in [4.78, 5) is 163. The zero-order chi connectivity index (χ0) is 61.7. The van der Waals surface area contributed by atoms with Gasteiger partial charge in [-0.3, -0.25) is 52.7 Å². The molecule has 454 valence electrons. The molecule has 0 unspecified atom stereocenters. The molecule has 4 rings (SSSR count). The van der Waals surface area contributed by atoms with Crippen LogP contribution in [0.25, 0.3) is 10.9 Å². The van der Waals surface area contributed by atoms with Gasteiger partial charge in [-0.1, -0.05) is 58.0 Å². The van der Waals surface area contributed by atoms with Gasteiger partial charge in [-0.25, -0.2) is 4.79 Å². The average Bonchev–Trinajstić information content (AvgIpc) is 4.26. The molecular weight excluding hydrogens is 1090 g/mol. The molecule has 28 nitrogen and oxygen atoms in total. The maximum absolute atomic E-state index is 14.6. The zero-order valence-corrected chi connectivity index (χ0v) is 46.8. The summed E-state index contributed by atoms with van der Waals surface area (Å²) in [5.74, 6) is -14.0. The summed E-state index contributed by atoms with van der Waals surface area (Å²) in [7, 11) is 0. The number of aliphatic hydroxyl groups excluding tert-OH is 1. The number of fused-ring (bicyclic) bond motifs is 1. The van der Waals surface area contributed by atoms with Crippen LogP contribution in [0.5, 0.6) is 5.75 Å². The van der Waals surface area contributed by atoms with Gasteiger partial charge in [-0.2, -0.15) is 0 Å². The van der Waals surface area contributed by atoms with Crippen molar-refractivity contribution >= 4 is 82.0 Å². The van der Waals surface area contributed by atoms with E-state index in [1.807, 2.05) is 0 Å². The third-order valence-corrected chi connectivity index (χ3v) is 13.4. The largest absolute Gasteiger partial charge is 0.508 e. The van der Waals surface area contributed by atoms with E-state index in [-0.39, 0.29) is 43.3 Å². The lowest BCUT2D eigenvalue weighted by Crippen LogP contribution is -2.62. The number of H-pyrrole nitrogens is 1. The van der Waals surface area contributed by atoms with Crippen molar-refractivity contribution in [2.45, 2.75) is 166 Å². The lowest BCUT2D eigenvalue weighted by molar-refractivity contribution is -0.143. The number of nitrogens with one attached hydrogen (secondary N) is 10. The van der Waals surface area contributed by atoms with Crippen molar-refractivity contribution in [1.82, 2.24) is 52.8 Å². The predicted octanol–water partition coefficient (Wildman–Crippen LogP) is -1.55. The highest BCUT2D eigenvalue weighted by Gasteiger charge is 2.38. The Balaban J connectivity index is 1.64. The number of hydrogen-bond donors (Lipinski definition) is 16. The first-order chi connectivity index (χ1) is 39.1. The van der Waals surface area contributed by atoms with E-state index < -0.39 is 164 Å². The normalized spacial score (nSPS) is 16.3. The van der Waals surface area contributed by atoms with E-state index >= 15 is 0 Å². The second kappa shape index (κ2) is 32.1. The van der Waals surface area contributed by atoms with Gasteiger partial charge in [-0.15, -0.1) is 0 Å². The Kier molecular flexibility index (Phi) is 25.9. The summed E-state index contributed by atoms with van der Waals surface area (Å²) in [6, 6.07) is -1.18. The van der Waals surface area contributed by atoms with Crippen molar-refractivity contribution in [3.63, 3.8) is 0 Å². The fourth-order valence-corrected chi connectivity index (χ4v) is 9.15.